The lowest BCUT2D eigenvalue weighted by molar-refractivity contribution is -0.184. The fourth-order valence-corrected chi connectivity index (χ4v) is 3.53. The Kier molecular flexibility index (Phi) is 3.67. The molecule has 6 heteroatoms. The number of aromatic nitrogens is 2. The summed E-state index contributed by atoms with van der Waals surface area (Å²) in [6, 6.07) is 5.72. The minimum Gasteiger partial charge on any atom is -0.347 e. The van der Waals surface area contributed by atoms with Crippen molar-refractivity contribution < 1.29 is 14.3 Å². The molecule has 122 valence electrons. The Morgan fingerprint density at radius 2 is 2.00 bits per heavy atom. The molecule has 23 heavy (non-hydrogen) atoms. The maximum absolute atomic E-state index is 12.7. The third-order valence-electron chi connectivity index (χ3n) is 4.76. The van der Waals surface area contributed by atoms with Gasteiger partial charge in [-0.25, -0.2) is 0 Å². The Morgan fingerprint density at radius 1 is 1.26 bits per heavy atom. The molecule has 0 unspecified atom stereocenters. The van der Waals surface area contributed by atoms with Crippen molar-refractivity contribution in [3.8, 4) is 0 Å². The summed E-state index contributed by atoms with van der Waals surface area (Å²) >= 11 is 0. The number of ether oxygens (including phenoxy) is 2. The number of carbonyl (C=O) groups is 1. The van der Waals surface area contributed by atoms with E-state index in [2.05, 4.69) is 10.00 Å². The number of Topliss-reactive ketones (excluding diaryl/α,β-unsaturated/α-hetero) is 1. The molecule has 0 saturated carbocycles. The highest BCUT2D eigenvalue weighted by Crippen LogP contribution is 2.31. The zero-order valence-corrected chi connectivity index (χ0v) is 13.3. The van der Waals surface area contributed by atoms with Crippen LogP contribution in [0.15, 0.2) is 24.4 Å². The summed E-state index contributed by atoms with van der Waals surface area (Å²) in [6.45, 7) is 3.46. The van der Waals surface area contributed by atoms with Gasteiger partial charge in [0.05, 0.1) is 25.3 Å². The van der Waals surface area contributed by atoms with Crippen LogP contribution in [0.3, 0.4) is 0 Å². The van der Waals surface area contributed by atoms with Gasteiger partial charge in [0.15, 0.2) is 11.6 Å². The number of benzene rings is 1. The van der Waals surface area contributed by atoms with Gasteiger partial charge >= 0.3 is 0 Å². The first kappa shape index (κ1) is 14.8. The number of likely N-dealkylation sites (tertiary alicyclic amines) is 1. The number of piperidine rings is 1. The quantitative estimate of drug-likeness (QED) is 0.805. The fraction of sp³-hybridized carbons (Fsp3) is 0.529. The van der Waals surface area contributed by atoms with Crippen molar-refractivity contribution >= 4 is 16.7 Å². The second-order valence-electron chi connectivity index (χ2n) is 6.35. The minimum atomic E-state index is -0.386. The molecule has 0 radical (unpaired) electrons. The van der Waals surface area contributed by atoms with Crippen molar-refractivity contribution in [3.63, 3.8) is 0 Å². The van der Waals surface area contributed by atoms with Crippen LogP contribution in [0.2, 0.25) is 0 Å². The van der Waals surface area contributed by atoms with Gasteiger partial charge in [-0.1, -0.05) is 12.1 Å². The van der Waals surface area contributed by atoms with E-state index in [9.17, 15) is 4.79 Å². The Hall–Kier alpha value is -1.76. The average molecular weight is 315 g/mol. The summed E-state index contributed by atoms with van der Waals surface area (Å²) in [7, 11) is 1.87. The van der Waals surface area contributed by atoms with Gasteiger partial charge in [-0.3, -0.25) is 14.4 Å². The molecular formula is C17H21N3O3. The highest BCUT2D eigenvalue weighted by Gasteiger charge is 2.40. The van der Waals surface area contributed by atoms with E-state index in [1.807, 2.05) is 31.4 Å². The maximum Gasteiger partial charge on any atom is 0.177 e. The molecule has 1 aromatic heterocycles. The Morgan fingerprint density at radius 3 is 2.74 bits per heavy atom. The van der Waals surface area contributed by atoms with Gasteiger partial charge in [0.25, 0.3) is 0 Å². The molecule has 2 aliphatic rings. The van der Waals surface area contributed by atoms with Gasteiger partial charge in [0.2, 0.25) is 0 Å². The van der Waals surface area contributed by atoms with Crippen LogP contribution in [0, 0.1) is 0 Å². The molecule has 2 saturated heterocycles. The number of hydrogen-bond donors (Lipinski definition) is 0. The smallest absolute Gasteiger partial charge is 0.177 e. The molecular weight excluding hydrogens is 294 g/mol. The van der Waals surface area contributed by atoms with Gasteiger partial charge in [-0.15, -0.1) is 0 Å². The van der Waals surface area contributed by atoms with Crippen LogP contribution in [0.5, 0.6) is 0 Å². The van der Waals surface area contributed by atoms with Crippen molar-refractivity contribution in [2.45, 2.75) is 18.6 Å². The van der Waals surface area contributed by atoms with E-state index in [-0.39, 0.29) is 11.6 Å². The Bertz CT molecular complexity index is 724. The topological polar surface area (TPSA) is 56.6 Å². The van der Waals surface area contributed by atoms with Crippen LogP contribution >= 0.6 is 0 Å². The van der Waals surface area contributed by atoms with Crippen molar-refractivity contribution in [2.75, 3.05) is 32.8 Å². The van der Waals surface area contributed by atoms with Crippen LogP contribution in [0.25, 0.3) is 10.9 Å². The molecule has 6 nitrogen and oxygen atoms in total. The molecule has 2 aliphatic heterocycles. The van der Waals surface area contributed by atoms with E-state index >= 15 is 0 Å². The number of nitrogens with zero attached hydrogens (tertiary/aromatic N) is 3. The zero-order valence-electron chi connectivity index (χ0n) is 13.3. The summed E-state index contributed by atoms with van der Waals surface area (Å²) in [5.74, 6) is -0.240. The summed E-state index contributed by atoms with van der Waals surface area (Å²) < 4.78 is 13.2. The Labute approximate surface area is 135 Å². The van der Waals surface area contributed by atoms with E-state index in [1.165, 1.54) is 0 Å². The van der Waals surface area contributed by atoms with Crippen LogP contribution in [0.4, 0.5) is 0 Å². The highest BCUT2D eigenvalue weighted by molar-refractivity contribution is 6.08. The zero-order chi connectivity index (χ0) is 15.9. The van der Waals surface area contributed by atoms with Crippen molar-refractivity contribution in [1.82, 2.24) is 14.7 Å². The Balaban J connectivity index is 1.45. The lowest BCUT2D eigenvalue weighted by Crippen LogP contribution is -2.46. The monoisotopic (exact) mass is 315 g/mol. The van der Waals surface area contributed by atoms with Crippen LogP contribution in [-0.2, 0) is 16.5 Å². The normalized spacial score (nSPS) is 21.3. The second kappa shape index (κ2) is 5.70. The maximum atomic E-state index is 12.7. The molecule has 0 N–H and O–H groups in total. The molecule has 1 spiro atoms. The molecule has 0 amide bonds. The standard InChI is InChI=1S/C17H21N3O3/c1-19-11-14-13(3-2-4-15(14)18-19)16(21)12-20-7-5-17(6-8-20)22-9-10-23-17/h2-4,11H,5-10,12H2,1H3. The summed E-state index contributed by atoms with van der Waals surface area (Å²) in [5, 5.41) is 5.30. The van der Waals surface area contributed by atoms with Gasteiger partial charge in [-0.05, 0) is 6.07 Å². The minimum absolute atomic E-state index is 0.146. The average Bonchev–Trinajstić information content (AvgIpc) is 3.15. The first-order valence-corrected chi connectivity index (χ1v) is 8.11. The van der Waals surface area contributed by atoms with E-state index < -0.39 is 0 Å². The SMILES string of the molecule is Cn1cc2c(C(=O)CN3CCC4(CC3)OCCO4)cccc2n1. The third-order valence-corrected chi connectivity index (χ3v) is 4.76. The molecule has 0 aliphatic carbocycles. The highest BCUT2D eigenvalue weighted by atomic mass is 16.7. The van der Waals surface area contributed by atoms with Crippen LogP contribution < -0.4 is 0 Å². The fourth-order valence-electron chi connectivity index (χ4n) is 3.53. The summed E-state index contributed by atoms with van der Waals surface area (Å²) in [4.78, 5) is 14.9. The van der Waals surface area contributed by atoms with Gasteiger partial charge in [0.1, 0.15) is 0 Å². The molecule has 4 rings (SSSR count). The second-order valence-corrected chi connectivity index (χ2v) is 6.35. The molecule has 1 aromatic carbocycles. The summed E-state index contributed by atoms with van der Waals surface area (Å²) in [5.41, 5.74) is 1.62. The first-order valence-electron chi connectivity index (χ1n) is 8.11. The number of carbonyl (C=O) groups excluding carboxylic acids is 1. The number of rotatable bonds is 3. The van der Waals surface area contributed by atoms with Crippen LogP contribution in [0.1, 0.15) is 23.2 Å². The summed E-state index contributed by atoms with van der Waals surface area (Å²) in [6.07, 6.45) is 3.57. The van der Waals surface area contributed by atoms with Crippen molar-refractivity contribution in [2.24, 2.45) is 7.05 Å². The largest absolute Gasteiger partial charge is 0.347 e. The number of fused-ring (bicyclic) bond motifs is 1. The van der Waals surface area contributed by atoms with E-state index in [4.69, 9.17) is 9.47 Å². The molecule has 2 fully saturated rings. The van der Waals surface area contributed by atoms with E-state index in [1.54, 1.807) is 4.68 Å². The lowest BCUT2D eigenvalue weighted by atomic mass is 10.0. The molecule has 2 aromatic rings. The van der Waals surface area contributed by atoms with Gasteiger partial charge in [-0.2, -0.15) is 5.10 Å². The van der Waals surface area contributed by atoms with Crippen LogP contribution in [-0.4, -0.2) is 59.1 Å². The van der Waals surface area contributed by atoms with Gasteiger partial charge < -0.3 is 9.47 Å². The number of aryl methyl sites for hydroxylation is 1. The van der Waals surface area contributed by atoms with E-state index in [0.717, 1.165) is 42.4 Å². The third kappa shape index (κ3) is 2.78. The predicted octanol–water partition coefficient (Wildman–Crippen LogP) is 1.59. The first-order chi connectivity index (χ1) is 11.2. The molecule has 3 heterocycles. The van der Waals surface area contributed by atoms with Crippen molar-refractivity contribution in [1.29, 1.82) is 0 Å². The van der Waals surface area contributed by atoms with Gasteiger partial charge in [0, 0.05) is 50.1 Å². The predicted molar refractivity (Wildman–Crippen MR) is 85.4 cm³/mol. The van der Waals surface area contributed by atoms with E-state index in [0.29, 0.717) is 19.8 Å². The lowest BCUT2D eigenvalue weighted by Gasteiger charge is -2.37. The van der Waals surface area contributed by atoms with Crippen molar-refractivity contribution in [3.05, 3.63) is 30.0 Å². The number of ketones is 1. The number of hydrogen-bond acceptors (Lipinski definition) is 5. The molecule has 0 bridgehead atoms. The molecule has 0 atom stereocenters.